The predicted octanol–water partition coefficient (Wildman–Crippen LogP) is 2.51. The molecule has 1 N–H and O–H groups in total. The minimum absolute atomic E-state index is 0.439. The number of rotatable bonds is 4. The van der Waals surface area contributed by atoms with Gasteiger partial charge in [-0.3, -0.25) is 0 Å². The maximum Gasteiger partial charge on any atom is 0.0480 e. The van der Waals surface area contributed by atoms with Crippen LogP contribution < -0.4 is 5.32 Å². The standard InChI is InChI=1S/C16H32N2O/c1-16(2)9-5-6-13(15(16)17-3)12-18(4)14-7-10-19-11-8-14/h13-15,17H,5-12H2,1-4H3. The Morgan fingerprint density at radius 1 is 1.21 bits per heavy atom. The highest BCUT2D eigenvalue weighted by atomic mass is 16.5. The topological polar surface area (TPSA) is 24.5 Å². The van der Waals surface area contributed by atoms with Crippen LogP contribution in [-0.2, 0) is 4.74 Å². The Labute approximate surface area is 119 Å². The average Bonchev–Trinajstić information content (AvgIpc) is 2.39. The molecule has 0 aromatic heterocycles. The van der Waals surface area contributed by atoms with E-state index in [2.05, 4.69) is 38.2 Å². The van der Waals surface area contributed by atoms with E-state index in [1.165, 1.54) is 38.6 Å². The summed E-state index contributed by atoms with van der Waals surface area (Å²) in [4.78, 5) is 2.60. The van der Waals surface area contributed by atoms with Crippen LogP contribution in [0.25, 0.3) is 0 Å². The fraction of sp³-hybridized carbons (Fsp3) is 1.00. The first kappa shape index (κ1) is 15.3. The van der Waals surface area contributed by atoms with Crippen LogP contribution in [0.2, 0.25) is 0 Å². The van der Waals surface area contributed by atoms with Gasteiger partial charge in [0.05, 0.1) is 0 Å². The molecule has 1 saturated heterocycles. The van der Waals surface area contributed by atoms with Gasteiger partial charge in [-0.05, 0) is 51.1 Å². The van der Waals surface area contributed by atoms with Gasteiger partial charge in [0.15, 0.2) is 0 Å². The van der Waals surface area contributed by atoms with Crippen molar-refractivity contribution in [1.29, 1.82) is 0 Å². The Morgan fingerprint density at radius 2 is 1.89 bits per heavy atom. The van der Waals surface area contributed by atoms with Crippen LogP contribution in [0.1, 0.15) is 46.0 Å². The molecule has 2 fully saturated rings. The van der Waals surface area contributed by atoms with E-state index >= 15 is 0 Å². The molecule has 0 aromatic carbocycles. The van der Waals surface area contributed by atoms with Crippen LogP contribution >= 0.6 is 0 Å². The number of nitrogens with zero attached hydrogens (tertiary/aromatic N) is 1. The highest BCUT2D eigenvalue weighted by molar-refractivity contribution is 4.94. The molecule has 112 valence electrons. The average molecular weight is 268 g/mol. The lowest BCUT2D eigenvalue weighted by molar-refractivity contribution is 0.0237. The van der Waals surface area contributed by atoms with E-state index < -0.39 is 0 Å². The second-order valence-corrected chi connectivity index (χ2v) is 7.19. The highest BCUT2D eigenvalue weighted by Gasteiger charge is 2.38. The third-order valence-electron chi connectivity index (χ3n) is 5.36. The molecule has 0 bridgehead atoms. The molecular weight excluding hydrogens is 236 g/mol. The summed E-state index contributed by atoms with van der Waals surface area (Å²) >= 11 is 0. The SMILES string of the molecule is CNC1C(CN(C)C2CCOCC2)CCCC1(C)C. The molecule has 0 amide bonds. The Balaban J connectivity index is 1.92. The molecule has 0 spiro atoms. The summed E-state index contributed by atoms with van der Waals surface area (Å²) in [7, 11) is 4.45. The first-order valence-corrected chi connectivity index (χ1v) is 8.00. The molecule has 2 unspecified atom stereocenters. The number of hydrogen-bond donors (Lipinski definition) is 1. The van der Waals surface area contributed by atoms with Crippen molar-refractivity contribution >= 4 is 0 Å². The summed E-state index contributed by atoms with van der Waals surface area (Å²) < 4.78 is 5.48. The van der Waals surface area contributed by atoms with Crippen molar-refractivity contribution in [2.45, 2.75) is 58.0 Å². The van der Waals surface area contributed by atoms with Crippen LogP contribution in [-0.4, -0.2) is 50.8 Å². The summed E-state index contributed by atoms with van der Waals surface area (Å²) in [6.45, 7) is 7.98. The van der Waals surface area contributed by atoms with Gasteiger partial charge >= 0.3 is 0 Å². The van der Waals surface area contributed by atoms with Crippen LogP contribution in [0.5, 0.6) is 0 Å². The summed E-state index contributed by atoms with van der Waals surface area (Å²) in [6.07, 6.45) is 6.53. The van der Waals surface area contributed by atoms with Gasteiger partial charge in [0.25, 0.3) is 0 Å². The summed E-state index contributed by atoms with van der Waals surface area (Å²) in [5.41, 5.74) is 0.439. The van der Waals surface area contributed by atoms with E-state index in [1.807, 2.05) is 0 Å². The van der Waals surface area contributed by atoms with Crippen molar-refractivity contribution in [3.05, 3.63) is 0 Å². The van der Waals surface area contributed by atoms with E-state index in [-0.39, 0.29) is 0 Å². The third-order valence-corrected chi connectivity index (χ3v) is 5.36. The molecule has 1 saturated carbocycles. The second kappa shape index (κ2) is 6.55. The Bertz CT molecular complexity index is 274. The fourth-order valence-corrected chi connectivity index (χ4v) is 4.25. The van der Waals surface area contributed by atoms with Crippen molar-refractivity contribution < 1.29 is 4.74 Å². The van der Waals surface area contributed by atoms with Gasteiger partial charge in [0.1, 0.15) is 0 Å². The lowest BCUT2D eigenvalue weighted by atomic mass is 9.67. The maximum absolute atomic E-state index is 5.48. The van der Waals surface area contributed by atoms with Crippen LogP contribution in [0.3, 0.4) is 0 Å². The zero-order valence-corrected chi connectivity index (χ0v) is 13.2. The van der Waals surface area contributed by atoms with Crippen LogP contribution in [0, 0.1) is 11.3 Å². The van der Waals surface area contributed by atoms with E-state index in [4.69, 9.17) is 4.74 Å². The third kappa shape index (κ3) is 3.71. The number of nitrogens with one attached hydrogen (secondary N) is 1. The normalized spacial score (nSPS) is 32.7. The van der Waals surface area contributed by atoms with Crippen molar-refractivity contribution in [1.82, 2.24) is 10.2 Å². The van der Waals surface area contributed by atoms with Crippen molar-refractivity contribution in [3.63, 3.8) is 0 Å². The lowest BCUT2D eigenvalue weighted by Gasteiger charge is -2.46. The molecular formula is C16H32N2O. The van der Waals surface area contributed by atoms with E-state index in [1.54, 1.807) is 0 Å². The van der Waals surface area contributed by atoms with Gasteiger partial charge in [-0.2, -0.15) is 0 Å². The van der Waals surface area contributed by atoms with Gasteiger partial charge in [0, 0.05) is 31.8 Å². The molecule has 1 aliphatic carbocycles. The van der Waals surface area contributed by atoms with Crippen molar-refractivity contribution in [2.24, 2.45) is 11.3 Å². The Morgan fingerprint density at radius 3 is 2.53 bits per heavy atom. The fourth-order valence-electron chi connectivity index (χ4n) is 4.25. The van der Waals surface area contributed by atoms with Gasteiger partial charge in [0.2, 0.25) is 0 Å². The summed E-state index contributed by atoms with van der Waals surface area (Å²) in [5, 5.41) is 3.60. The first-order chi connectivity index (χ1) is 9.04. The lowest BCUT2D eigenvalue weighted by Crippen LogP contribution is -2.52. The van der Waals surface area contributed by atoms with Gasteiger partial charge in [-0.25, -0.2) is 0 Å². The van der Waals surface area contributed by atoms with Gasteiger partial charge in [-0.15, -0.1) is 0 Å². The van der Waals surface area contributed by atoms with E-state index in [9.17, 15) is 0 Å². The molecule has 2 aliphatic rings. The van der Waals surface area contributed by atoms with Crippen molar-refractivity contribution in [2.75, 3.05) is 33.9 Å². The van der Waals surface area contributed by atoms with Crippen molar-refractivity contribution in [3.8, 4) is 0 Å². The quantitative estimate of drug-likeness (QED) is 0.848. The Kier molecular flexibility index (Phi) is 5.27. The van der Waals surface area contributed by atoms with E-state index in [0.717, 1.165) is 25.2 Å². The molecule has 2 atom stereocenters. The summed E-state index contributed by atoms with van der Waals surface area (Å²) in [5.74, 6) is 0.793. The summed E-state index contributed by atoms with van der Waals surface area (Å²) in [6, 6.07) is 1.39. The van der Waals surface area contributed by atoms with Gasteiger partial charge in [-0.1, -0.05) is 20.3 Å². The monoisotopic (exact) mass is 268 g/mol. The number of hydrogen-bond acceptors (Lipinski definition) is 3. The molecule has 3 nitrogen and oxygen atoms in total. The minimum Gasteiger partial charge on any atom is -0.381 e. The zero-order chi connectivity index (χ0) is 13.9. The second-order valence-electron chi connectivity index (χ2n) is 7.19. The first-order valence-electron chi connectivity index (χ1n) is 8.00. The van der Waals surface area contributed by atoms with E-state index in [0.29, 0.717) is 11.5 Å². The predicted molar refractivity (Wildman–Crippen MR) is 80.4 cm³/mol. The minimum atomic E-state index is 0.439. The number of ether oxygens (including phenoxy) is 1. The molecule has 3 heteroatoms. The zero-order valence-electron chi connectivity index (χ0n) is 13.2. The molecule has 19 heavy (non-hydrogen) atoms. The molecule has 1 heterocycles. The van der Waals surface area contributed by atoms with Crippen LogP contribution in [0.15, 0.2) is 0 Å². The smallest absolute Gasteiger partial charge is 0.0480 e. The van der Waals surface area contributed by atoms with Gasteiger partial charge < -0.3 is 15.0 Å². The maximum atomic E-state index is 5.48. The van der Waals surface area contributed by atoms with Crippen LogP contribution in [0.4, 0.5) is 0 Å². The molecule has 2 rings (SSSR count). The largest absolute Gasteiger partial charge is 0.381 e. The Hall–Kier alpha value is -0.120. The highest BCUT2D eigenvalue weighted by Crippen LogP contribution is 2.39. The molecule has 1 aliphatic heterocycles. The molecule has 0 aromatic rings. The molecule has 0 radical (unpaired) electrons.